The fourth-order valence-electron chi connectivity index (χ4n) is 4.72. The first-order valence-electron chi connectivity index (χ1n) is 15.2. The van der Waals surface area contributed by atoms with E-state index in [2.05, 4.69) is 13.8 Å². The van der Waals surface area contributed by atoms with E-state index in [0.29, 0.717) is 11.5 Å². The summed E-state index contributed by atoms with van der Waals surface area (Å²) in [5, 5.41) is 0. The fourth-order valence-corrected chi connectivity index (χ4v) is 4.72. The van der Waals surface area contributed by atoms with Crippen molar-refractivity contribution in [3.8, 4) is 11.5 Å². The van der Waals surface area contributed by atoms with E-state index in [9.17, 15) is 9.59 Å². The Labute approximate surface area is 231 Å². The highest BCUT2D eigenvalue weighted by atomic mass is 16.5. The van der Waals surface area contributed by atoms with Gasteiger partial charge < -0.3 is 9.47 Å². The second kappa shape index (κ2) is 20.4. The van der Waals surface area contributed by atoms with Gasteiger partial charge in [-0.3, -0.25) is 9.59 Å². The standard InChI is InChI=1S/C34H50O4/c1-3-5-7-9-11-13-15-21-29-23-17-19-25-31(29)37-33(35)27-28-34(36)38-32-26-20-18-24-30(32)22-16-14-12-10-8-6-4-2/h17-20,23-26H,3-16,21-22,27-28H2,1-2H3. The molecule has 210 valence electrons. The third-order valence-corrected chi connectivity index (χ3v) is 7.03. The fraction of sp³-hybridized carbons (Fsp3) is 0.588. The van der Waals surface area contributed by atoms with E-state index in [1.807, 2.05) is 48.5 Å². The molecule has 0 fully saturated rings. The molecule has 2 aromatic rings. The van der Waals surface area contributed by atoms with Crippen LogP contribution in [0.1, 0.15) is 128 Å². The van der Waals surface area contributed by atoms with Crippen LogP contribution in [-0.2, 0) is 22.4 Å². The van der Waals surface area contributed by atoms with Crippen molar-refractivity contribution < 1.29 is 19.1 Å². The maximum absolute atomic E-state index is 12.5. The van der Waals surface area contributed by atoms with Gasteiger partial charge in [0.15, 0.2) is 0 Å². The summed E-state index contributed by atoms with van der Waals surface area (Å²) in [6.07, 6.45) is 19.3. The molecule has 4 heteroatoms. The van der Waals surface area contributed by atoms with Crippen LogP contribution in [0, 0.1) is 0 Å². The van der Waals surface area contributed by atoms with Gasteiger partial charge in [-0.2, -0.15) is 0 Å². The Morgan fingerprint density at radius 3 is 1.24 bits per heavy atom. The molecular formula is C34H50O4. The first kappa shape index (κ1) is 31.6. The number of carbonyl (C=O) groups excluding carboxylic acids is 2. The highest BCUT2D eigenvalue weighted by Crippen LogP contribution is 2.23. The molecule has 0 radical (unpaired) electrons. The minimum Gasteiger partial charge on any atom is -0.426 e. The van der Waals surface area contributed by atoms with Crippen molar-refractivity contribution in [1.82, 2.24) is 0 Å². The molecule has 0 aliphatic heterocycles. The molecule has 0 atom stereocenters. The predicted octanol–water partition coefficient (Wildman–Crippen LogP) is 9.56. The second-order valence-electron chi connectivity index (χ2n) is 10.4. The number of ether oxygens (including phenoxy) is 2. The van der Waals surface area contributed by atoms with Crippen LogP contribution < -0.4 is 9.47 Å². The molecule has 0 unspecified atom stereocenters. The number of esters is 2. The summed E-state index contributed by atoms with van der Waals surface area (Å²) in [7, 11) is 0. The highest BCUT2D eigenvalue weighted by Gasteiger charge is 2.14. The van der Waals surface area contributed by atoms with E-state index in [1.54, 1.807) is 0 Å². The SMILES string of the molecule is CCCCCCCCCc1ccccc1OC(=O)CCC(=O)Oc1ccccc1CCCCCCCCC. The number of rotatable bonds is 21. The molecule has 0 saturated carbocycles. The Kier molecular flexibility index (Phi) is 16.9. The van der Waals surface area contributed by atoms with Gasteiger partial charge >= 0.3 is 11.9 Å². The summed E-state index contributed by atoms with van der Waals surface area (Å²) >= 11 is 0. The van der Waals surface area contributed by atoms with E-state index in [0.717, 1.165) is 36.8 Å². The van der Waals surface area contributed by atoms with Gasteiger partial charge in [-0.05, 0) is 48.9 Å². The van der Waals surface area contributed by atoms with Crippen LogP contribution >= 0.6 is 0 Å². The molecule has 0 aromatic heterocycles. The molecule has 2 rings (SSSR count). The Bertz CT molecular complexity index is 845. The molecule has 0 heterocycles. The number of para-hydroxylation sites is 2. The van der Waals surface area contributed by atoms with Crippen LogP contribution in [0.5, 0.6) is 11.5 Å². The van der Waals surface area contributed by atoms with Crippen molar-refractivity contribution in [1.29, 1.82) is 0 Å². The Hall–Kier alpha value is -2.62. The lowest BCUT2D eigenvalue weighted by molar-refractivity contribution is -0.140. The Morgan fingerprint density at radius 1 is 0.500 bits per heavy atom. The third-order valence-electron chi connectivity index (χ3n) is 7.03. The van der Waals surface area contributed by atoms with Crippen LogP contribution in [0.25, 0.3) is 0 Å². The molecule has 0 aliphatic rings. The average molecular weight is 523 g/mol. The maximum Gasteiger partial charge on any atom is 0.311 e. The van der Waals surface area contributed by atoms with Gasteiger partial charge in [-0.1, -0.05) is 127 Å². The quantitative estimate of drug-likeness (QED) is 0.0930. The number of aryl methyl sites for hydroxylation is 2. The Morgan fingerprint density at radius 2 is 0.842 bits per heavy atom. The molecular weight excluding hydrogens is 472 g/mol. The smallest absolute Gasteiger partial charge is 0.311 e. The van der Waals surface area contributed by atoms with Crippen molar-refractivity contribution in [3.63, 3.8) is 0 Å². The van der Waals surface area contributed by atoms with E-state index in [-0.39, 0.29) is 12.8 Å². The van der Waals surface area contributed by atoms with Gasteiger partial charge in [0.25, 0.3) is 0 Å². The van der Waals surface area contributed by atoms with Crippen LogP contribution in [0.4, 0.5) is 0 Å². The second-order valence-corrected chi connectivity index (χ2v) is 10.4. The molecule has 0 bridgehead atoms. The molecule has 0 saturated heterocycles. The van der Waals surface area contributed by atoms with E-state index in [4.69, 9.17) is 9.47 Å². The summed E-state index contributed by atoms with van der Waals surface area (Å²) in [5.74, 6) is 0.421. The first-order valence-corrected chi connectivity index (χ1v) is 15.2. The highest BCUT2D eigenvalue weighted by molar-refractivity contribution is 5.80. The molecule has 4 nitrogen and oxygen atoms in total. The van der Waals surface area contributed by atoms with Crippen LogP contribution in [0.15, 0.2) is 48.5 Å². The first-order chi connectivity index (χ1) is 18.6. The van der Waals surface area contributed by atoms with Crippen molar-refractivity contribution in [2.75, 3.05) is 0 Å². The van der Waals surface area contributed by atoms with Crippen molar-refractivity contribution in [2.24, 2.45) is 0 Å². The zero-order chi connectivity index (χ0) is 27.3. The predicted molar refractivity (Wildman–Crippen MR) is 157 cm³/mol. The molecule has 0 spiro atoms. The topological polar surface area (TPSA) is 52.6 Å². The van der Waals surface area contributed by atoms with Crippen molar-refractivity contribution >= 4 is 11.9 Å². The lowest BCUT2D eigenvalue weighted by Gasteiger charge is -2.11. The summed E-state index contributed by atoms with van der Waals surface area (Å²) in [6.45, 7) is 4.47. The zero-order valence-corrected chi connectivity index (χ0v) is 24.0. The summed E-state index contributed by atoms with van der Waals surface area (Å²) in [6, 6.07) is 15.5. The van der Waals surface area contributed by atoms with Gasteiger partial charge in [0, 0.05) is 0 Å². The number of hydrogen-bond acceptors (Lipinski definition) is 4. The number of carbonyl (C=O) groups is 2. The molecule has 0 aliphatic carbocycles. The Balaban J connectivity index is 1.72. The zero-order valence-electron chi connectivity index (χ0n) is 24.0. The van der Waals surface area contributed by atoms with Crippen LogP contribution in [0.2, 0.25) is 0 Å². The summed E-state index contributed by atoms with van der Waals surface area (Å²) in [4.78, 5) is 25.0. The molecule has 0 N–H and O–H groups in total. The van der Waals surface area contributed by atoms with Crippen molar-refractivity contribution in [2.45, 2.75) is 129 Å². The lowest BCUT2D eigenvalue weighted by Crippen LogP contribution is -2.15. The number of hydrogen-bond donors (Lipinski definition) is 0. The molecule has 2 aromatic carbocycles. The van der Waals surface area contributed by atoms with Crippen molar-refractivity contribution in [3.05, 3.63) is 59.7 Å². The van der Waals surface area contributed by atoms with E-state index >= 15 is 0 Å². The van der Waals surface area contributed by atoms with Gasteiger partial charge in [0.1, 0.15) is 11.5 Å². The van der Waals surface area contributed by atoms with Crippen LogP contribution in [-0.4, -0.2) is 11.9 Å². The lowest BCUT2D eigenvalue weighted by atomic mass is 10.0. The maximum atomic E-state index is 12.5. The van der Waals surface area contributed by atoms with Gasteiger partial charge in [0.2, 0.25) is 0 Å². The minimum absolute atomic E-state index is 0.00449. The normalized spacial score (nSPS) is 10.9. The summed E-state index contributed by atoms with van der Waals surface area (Å²) in [5.41, 5.74) is 2.10. The van der Waals surface area contributed by atoms with Gasteiger partial charge in [-0.15, -0.1) is 0 Å². The minimum atomic E-state index is -0.398. The molecule has 38 heavy (non-hydrogen) atoms. The third kappa shape index (κ3) is 13.8. The molecule has 0 amide bonds. The van der Waals surface area contributed by atoms with Crippen LogP contribution in [0.3, 0.4) is 0 Å². The van der Waals surface area contributed by atoms with E-state index in [1.165, 1.54) is 77.0 Å². The van der Waals surface area contributed by atoms with E-state index < -0.39 is 11.9 Å². The largest absolute Gasteiger partial charge is 0.426 e. The number of benzene rings is 2. The monoisotopic (exact) mass is 522 g/mol. The summed E-state index contributed by atoms with van der Waals surface area (Å²) < 4.78 is 11.3. The van der Waals surface area contributed by atoms with Gasteiger partial charge in [-0.25, -0.2) is 0 Å². The number of unbranched alkanes of at least 4 members (excludes halogenated alkanes) is 12. The average Bonchev–Trinajstić information content (AvgIpc) is 2.92. The van der Waals surface area contributed by atoms with Gasteiger partial charge in [0.05, 0.1) is 12.8 Å².